The third-order valence-electron chi connectivity index (χ3n) is 5.53. The summed E-state index contributed by atoms with van der Waals surface area (Å²) in [5, 5.41) is 24.6. The lowest BCUT2D eigenvalue weighted by molar-refractivity contribution is -0.0948. The van der Waals surface area contributed by atoms with Crippen molar-refractivity contribution < 1.29 is 28.6 Å². The Morgan fingerprint density at radius 2 is 2.11 bits per heavy atom. The van der Waals surface area contributed by atoms with Crippen molar-refractivity contribution in [3.05, 3.63) is 52.6 Å². The number of hydrogen-bond donors (Lipinski definition) is 5. The minimum atomic E-state index is -3.84. The molecule has 2 aromatic heterocycles. The number of nitrogens with two attached hydrogens (primary N) is 1. The van der Waals surface area contributed by atoms with E-state index in [1.165, 1.54) is 17.8 Å². The van der Waals surface area contributed by atoms with Crippen molar-refractivity contribution in [1.29, 1.82) is 0 Å². The van der Waals surface area contributed by atoms with Crippen LogP contribution in [0.4, 0.5) is 5.95 Å². The van der Waals surface area contributed by atoms with Crippen molar-refractivity contribution in [3.8, 4) is 0 Å². The number of aromatic amines is 1. The number of imidazole rings is 1. The van der Waals surface area contributed by atoms with Gasteiger partial charge >= 0.3 is 7.75 Å². The van der Waals surface area contributed by atoms with Gasteiger partial charge in [0.15, 0.2) is 17.4 Å². The molecule has 0 amide bonds. The molecule has 0 aliphatic carbocycles. The van der Waals surface area contributed by atoms with E-state index >= 15 is 0 Å². The van der Waals surface area contributed by atoms with E-state index in [2.05, 4.69) is 20.0 Å². The number of fused-ring (bicyclic) bond motifs is 1. The number of hydrogen-bond acceptors (Lipinski definition) is 11. The van der Waals surface area contributed by atoms with E-state index in [9.17, 15) is 19.6 Å². The Bertz CT molecular complexity index is 1270. The summed E-state index contributed by atoms with van der Waals surface area (Å²) >= 11 is 4.88. The number of benzene rings is 1. The summed E-state index contributed by atoms with van der Waals surface area (Å²) in [5.41, 5.74) is 4.14. The lowest BCUT2D eigenvalue weighted by atomic mass is 9.96. The van der Waals surface area contributed by atoms with Gasteiger partial charge < -0.3 is 33.3 Å². The fraction of sp³-hybridized carbons (Fsp3) is 0.450. The number of anilines is 1. The monoisotopic (exact) mass is 525 g/mol. The lowest BCUT2D eigenvalue weighted by Crippen LogP contribution is -2.44. The molecule has 4 rings (SSSR count). The van der Waals surface area contributed by atoms with Gasteiger partial charge in [-0.05, 0) is 12.5 Å². The Labute approximate surface area is 205 Å². The second-order valence-corrected chi connectivity index (χ2v) is 10.4. The molecule has 1 saturated heterocycles. The molecule has 3 heterocycles. The number of rotatable bonds is 10. The van der Waals surface area contributed by atoms with Gasteiger partial charge in [0.1, 0.15) is 17.8 Å². The highest BCUT2D eigenvalue weighted by atomic mass is 32.1. The number of nitrogens with zero attached hydrogens (tertiary/aromatic N) is 3. The second kappa shape index (κ2) is 10.4. The van der Waals surface area contributed by atoms with Gasteiger partial charge in [-0.1, -0.05) is 30.3 Å². The van der Waals surface area contributed by atoms with E-state index in [0.717, 1.165) is 5.56 Å². The first-order valence-corrected chi connectivity index (χ1v) is 12.8. The van der Waals surface area contributed by atoms with Crippen LogP contribution in [0.25, 0.3) is 11.2 Å². The predicted molar refractivity (Wildman–Crippen MR) is 128 cm³/mol. The zero-order chi connectivity index (χ0) is 25.2. The van der Waals surface area contributed by atoms with Gasteiger partial charge in [0, 0.05) is 13.2 Å². The third-order valence-corrected chi connectivity index (χ3v) is 7.25. The largest absolute Gasteiger partial charge is 0.790 e. The third kappa shape index (κ3) is 5.44. The Morgan fingerprint density at radius 3 is 2.83 bits per heavy atom. The zero-order valence-electron chi connectivity index (χ0n) is 18.7. The first-order valence-electron chi connectivity index (χ1n) is 10.7. The second-order valence-electron chi connectivity index (χ2n) is 8.12. The van der Waals surface area contributed by atoms with Crippen LogP contribution >= 0.6 is 7.75 Å². The highest BCUT2D eigenvalue weighted by Gasteiger charge is 2.54. The van der Waals surface area contributed by atoms with Crippen molar-refractivity contribution >= 4 is 37.5 Å². The summed E-state index contributed by atoms with van der Waals surface area (Å²) in [4.78, 5) is 22.5. The maximum absolute atomic E-state index is 13.3. The van der Waals surface area contributed by atoms with Crippen LogP contribution in [-0.2, 0) is 37.5 Å². The Hall–Kier alpha value is -2.29. The van der Waals surface area contributed by atoms with Gasteiger partial charge in [-0.25, -0.2) is 14.6 Å². The molecule has 35 heavy (non-hydrogen) atoms. The minimum absolute atomic E-state index is 0.00544. The summed E-state index contributed by atoms with van der Waals surface area (Å²) in [6, 6.07) is 9.23. The molecule has 2 unspecified atom stereocenters. The van der Waals surface area contributed by atoms with Crippen molar-refractivity contribution in [2.45, 2.75) is 37.5 Å². The highest BCUT2D eigenvalue weighted by molar-refractivity contribution is 7.58. The van der Waals surface area contributed by atoms with Crippen LogP contribution in [0.2, 0.25) is 0 Å². The molecule has 1 aliphatic rings. The Morgan fingerprint density at radius 1 is 1.37 bits per heavy atom. The fourth-order valence-electron chi connectivity index (χ4n) is 3.73. The minimum Gasteiger partial charge on any atom is -0.790 e. The molecule has 13 nitrogen and oxygen atoms in total. The average molecular weight is 526 g/mol. The first kappa shape index (κ1) is 25.8. The molecule has 15 heteroatoms. The first-order chi connectivity index (χ1) is 16.6. The number of aromatic nitrogens is 4. The molecule has 0 radical (unpaired) electrons. The number of nitrogens with one attached hydrogen (secondary N) is 2. The molecule has 0 bridgehead atoms. The molecule has 190 valence electrons. The van der Waals surface area contributed by atoms with Gasteiger partial charge in [-0.2, -0.15) is 10.7 Å². The van der Waals surface area contributed by atoms with Crippen LogP contribution in [0, 0.1) is 0 Å². The van der Waals surface area contributed by atoms with Crippen LogP contribution in [0.5, 0.6) is 0 Å². The van der Waals surface area contributed by atoms with E-state index in [1.807, 2.05) is 30.3 Å². The van der Waals surface area contributed by atoms with Gasteiger partial charge in [0.05, 0.1) is 12.9 Å². The molecule has 0 saturated carbocycles. The summed E-state index contributed by atoms with van der Waals surface area (Å²) in [5.74, 6) is 0.0505. The Balaban J connectivity index is 1.51. The maximum Gasteiger partial charge on any atom is 0.405 e. The van der Waals surface area contributed by atoms with Crippen molar-refractivity contribution in [3.63, 3.8) is 0 Å². The van der Waals surface area contributed by atoms with E-state index in [1.54, 1.807) is 0 Å². The van der Waals surface area contributed by atoms with E-state index in [-0.39, 0.29) is 42.6 Å². The molecule has 1 aromatic carbocycles. The summed E-state index contributed by atoms with van der Waals surface area (Å²) < 4.78 is 31.3. The molecular formula is C20H26N6O7PS-. The van der Waals surface area contributed by atoms with E-state index < -0.39 is 37.3 Å². The summed E-state index contributed by atoms with van der Waals surface area (Å²) in [7, 11) is -3.84. The molecular weight excluding hydrogens is 499 g/mol. The van der Waals surface area contributed by atoms with Crippen LogP contribution in [0.15, 0.2) is 41.5 Å². The van der Waals surface area contributed by atoms with Gasteiger partial charge in [0.2, 0.25) is 5.95 Å². The molecule has 1 fully saturated rings. The van der Waals surface area contributed by atoms with E-state index in [4.69, 9.17) is 32.1 Å². The maximum atomic E-state index is 13.3. The van der Waals surface area contributed by atoms with E-state index in [0.29, 0.717) is 0 Å². The van der Waals surface area contributed by atoms with Crippen LogP contribution < -0.4 is 16.4 Å². The van der Waals surface area contributed by atoms with Crippen molar-refractivity contribution in [2.75, 3.05) is 24.7 Å². The molecule has 1 aliphatic heterocycles. The zero-order valence-corrected chi connectivity index (χ0v) is 20.4. The van der Waals surface area contributed by atoms with Gasteiger partial charge in [-0.15, -0.1) is 0 Å². The molecule has 6 N–H and O–H groups in total. The van der Waals surface area contributed by atoms with Gasteiger partial charge in [0.25, 0.3) is 5.56 Å². The van der Waals surface area contributed by atoms with Crippen molar-refractivity contribution in [1.82, 2.24) is 24.6 Å². The summed E-state index contributed by atoms with van der Waals surface area (Å²) in [6.45, 7) is 1.18. The topological polar surface area (TPSA) is 187 Å². The molecule has 5 atom stereocenters. The smallest absolute Gasteiger partial charge is 0.405 e. The molecule has 0 spiro atoms. The number of ether oxygens (including phenoxy) is 1. The normalized spacial score (nSPS) is 26.2. The Kier molecular flexibility index (Phi) is 7.64. The number of aliphatic hydroxyl groups excluding tert-OH is 1. The van der Waals surface area contributed by atoms with Crippen LogP contribution in [0.1, 0.15) is 18.7 Å². The standard InChI is InChI=1S/C20H27N6O7PS/c1-20(29)15(27)13(33-18(20)26-11-22-14-16(26)24-19(21)25-17(14)28)10-32-34(30,31-7-8-35)23-9-12-5-3-2-4-6-12/h2-6,11,13,15,18,27,29,35H,7-10H2,1H3,(H,23,30)(H3,21,24,25,28)/p-1/t13-,15?,18-,20+,34?/m1/s1. The SMILES string of the molecule is C[C@]1(O)C(O)[C@@H](COP(=O)(NCc2ccccc2)OCC[S-])O[C@H]1n1cnc2c(=O)[nH]c(N)nc21. The molecule has 3 aromatic rings. The van der Waals surface area contributed by atoms with Crippen LogP contribution in [0.3, 0.4) is 0 Å². The quantitative estimate of drug-likeness (QED) is 0.179. The fourth-order valence-corrected chi connectivity index (χ4v) is 5.25. The lowest BCUT2D eigenvalue weighted by Gasteiger charge is -2.27. The number of aliphatic hydroxyl groups is 2. The average Bonchev–Trinajstić information content (AvgIpc) is 3.34. The number of H-pyrrole nitrogens is 1. The van der Waals surface area contributed by atoms with Gasteiger partial charge in [-0.3, -0.25) is 23.4 Å². The van der Waals surface area contributed by atoms with Crippen molar-refractivity contribution in [2.24, 2.45) is 0 Å². The highest BCUT2D eigenvalue weighted by Crippen LogP contribution is 2.46. The summed E-state index contributed by atoms with van der Waals surface area (Å²) in [6.07, 6.45) is -2.51. The predicted octanol–water partition coefficient (Wildman–Crippen LogP) is 0.189. The number of nitrogen functional groups attached to an aromatic ring is 1. The van der Waals surface area contributed by atoms with Crippen LogP contribution in [-0.4, -0.2) is 66.5 Å².